The van der Waals surface area contributed by atoms with Crippen molar-refractivity contribution in [2.24, 2.45) is 5.73 Å². The zero-order valence-electron chi connectivity index (χ0n) is 14.8. The number of nitrogens with one attached hydrogen (secondary N) is 1. The Hall–Kier alpha value is -2.71. The number of aromatic nitrogens is 2. The molecule has 4 heterocycles. The molecule has 0 aromatic carbocycles. The third-order valence-electron chi connectivity index (χ3n) is 4.52. The molecule has 8 heteroatoms. The van der Waals surface area contributed by atoms with Crippen LogP contribution in [-0.2, 0) is 6.54 Å². The average molecular weight is 383 g/mol. The molecule has 1 fully saturated rings. The number of carbonyl (C=O) groups is 1. The average Bonchev–Trinajstić information content (AvgIpc) is 3.39. The molecule has 0 saturated carbocycles. The molecule has 0 bridgehead atoms. The Kier molecular flexibility index (Phi) is 5.17. The molecule has 1 aliphatic heterocycles. The van der Waals surface area contributed by atoms with E-state index in [0.717, 1.165) is 23.5 Å². The number of piperidine rings is 1. The van der Waals surface area contributed by atoms with Gasteiger partial charge in [0, 0.05) is 25.3 Å². The van der Waals surface area contributed by atoms with E-state index in [1.165, 1.54) is 0 Å². The summed E-state index contributed by atoms with van der Waals surface area (Å²) in [5.74, 6) is 1.78. The molecule has 3 aromatic rings. The van der Waals surface area contributed by atoms with E-state index in [1.807, 2.05) is 29.6 Å². The second-order valence-electron chi connectivity index (χ2n) is 6.52. The Balaban J connectivity index is 1.63. The van der Waals surface area contributed by atoms with Gasteiger partial charge >= 0.3 is 0 Å². The van der Waals surface area contributed by atoms with Crippen molar-refractivity contribution in [3.05, 3.63) is 53.4 Å². The quantitative estimate of drug-likeness (QED) is 0.703. The SMILES string of the molecule is NC1CCCN(C(=O)c2cnc(-c3cccs3)nc2NCc2ccco2)C1. The summed E-state index contributed by atoms with van der Waals surface area (Å²) in [6.45, 7) is 1.70. The molecule has 0 radical (unpaired) electrons. The van der Waals surface area contributed by atoms with E-state index in [2.05, 4.69) is 15.3 Å². The van der Waals surface area contributed by atoms with E-state index in [0.29, 0.717) is 36.8 Å². The van der Waals surface area contributed by atoms with Crippen LogP contribution in [0, 0.1) is 0 Å². The fourth-order valence-corrected chi connectivity index (χ4v) is 3.81. The molecule has 3 aromatic heterocycles. The van der Waals surface area contributed by atoms with Gasteiger partial charge in [0.15, 0.2) is 5.82 Å². The number of thiophene rings is 1. The highest BCUT2D eigenvalue weighted by Gasteiger charge is 2.25. The summed E-state index contributed by atoms with van der Waals surface area (Å²) in [7, 11) is 0. The Morgan fingerprint density at radius 2 is 2.33 bits per heavy atom. The van der Waals surface area contributed by atoms with Crippen molar-refractivity contribution in [2.75, 3.05) is 18.4 Å². The predicted octanol–water partition coefficient (Wildman–Crippen LogP) is 2.97. The first-order valence-electron chi connectivity index (χ1n) is 8.93. The Bertz CT molecular complexity index is 895. The Morgan fingerprint density at radius 3 is 3.07 bits per heavy atom. The molecular weight excluding hydrogens is 362 g/mol. The van der Waals surface area contributed by atoms with Crippen LogP contribution in [0.15, 0.2) is 46.5 Å². The van der Waals surface area contributed by atoms with Crippen LogP contribution in [0.2, 0.25) is 0 Å². The molecule has 4 rings (SSSR count). The van der Waals surface area contributed by atoms with E-state index in [9.17, 15) is 4.79 Å². The molecule has 7 nitrogen and oxygen atoms in total. The zero-order valence-corrected chi connectivity index (χ0v) is 15.6. The zero-order chi connectivity index (χ0) is 18.6. The van der Waals surface area contributed by atoms with Gasteiger partial charge in [-0.25, -0.2) is 9.97 Å². The van der Waals surface area contributed by atoms with Gasteiger partial charge in [0.25, 0.3) is 5.91 Å². The molecule has 1 saturated heterocycles. The van der Waals surface area contributed by atoms with Crippen molar-refractivity contribution in [2.45, 2.75) is 25.4 Å². The van der Waals surface area contributed by atoms with Gasteiger partial charge in [0.2, 0.25) is 0 Å². The van der Waals surface area contributed by atoms with Gasteiger partial charge in [0.1, 0.15) is 17.1 Å². The van der Waals surface area contributed by atoms with Crippen LogP contribution in [0.5, 0.6) is 0 Å². The first-order valence-corrected chi connectivity index (χ1v) is 9.80. The lowest BCUT2D eigenvalue weighted by atomic mass is 10.1. The lowest BCUT2D eigenvalue weighted by molar-refractivity contribution is 0.0709. The van der Waals surface area contributed by atoms with Crippen molar-refractivity contribution < 1.29 is 9.21 Å². The molecule has 1 aliphatic rings. The summed E-state index contributed by atoms with van der Waals surface area (Å²) < 4.78 is 5.37. The van der Waals surface area contributed by atoms with Crippen LogP contribution in [0.25, 0.3) is 10.7 Å². The van der Waals surface area contributed by atoms with Gasteiger partial charge in [-0.15, -0.1) is 11.3 Å². The van der Waals surface area contributed by atoms with Crippen molar-refractivity contribution in [3.8, 4) is 10.7 Å². The highest BCUT2D eigenvalue weighted by atomic mass is 32.1. The van der Waals surface area contributed by atoms with Gasteiger partial charge in [0.05, 0.1) is 17.7 Å². The number of furan rings is 1. The molecule has 1 amide bonds. The lowest BCUT2D eigenvalue weighted by Crippen LogP contribution is -2.45. The standard InChI is InChI=1S/C19H21N5O2S/c20-13-4-1-7-24(12-13)19(25)15-11-22-18(16-6-3-9-27-16)23-17(15)21-10-14-5-2-8-26-14/h2-3,5-6,8-9,11,13H,1,4,7,10,12,20H2,(H,21,22,23). The van der Waals surface area contributed by atoms with Crippen LogP contribution < -0.4 is 11.1 Å². The number of hydrogen-bond donors (Lipinski definition) is 2. The first-order chi connectivity index (χ1) is 13.2. The number of nitrogens with two attached hydrogens (primary N) is 1. The first kappa shape index (κ1) is 17.7. The van der Waals surface area contributed by atoms with Gasteiger partial charge in [-0.05, 0) is 36.4 Å². The van der Waals surface area contributed by atoms with Crippen molar-refractivity contribution in [1.29, 1.82) is 0 Å². The normalized spacial score (nSPS) is 17.1. The molecule has 27 heavy (non-hydrogen) atoms. The number of likely N-dealkylation sites (tertiary alicyclic amines) is 1. The van der Waals surface area contributed by atoms with Gasteiger partial charge in [-0.1, -0.05) is 6.07 Å². The van der Waals surface area contributed by atoms with Crippen molar-refractivity contribution in [1.82, 2.24) is 14.9 Å². The van der Waals surface area contributed by atoms with E-state index < -0.39 is 0 Å². The van der Waals surface area contributed by atoms with Crippen LogP contribution in [-0.4, -0.2) is 39.9 Å². The molecule has 0 spiro atoms. The number of nitrogens with zero attached hydrogens (tertiary/aromatic N) is 3. The van der Waals surface area contributed by atoms with Crippen molar-refractivity contribution in [3.63, 3.8) is 0 Å². The van der Waals surface area contributed by atoms with E-state index >= 15 is 0 Å². The van der Waals surface area contributed by atoms with Gasteiger partial charge in [-0.2, -0.15) is 0 Å². The topological polar surface area (TPSA) is 97.3 Å². The molecule has 140 valence electrons. The summed E-state index contributed by atoms with van der Waals surface area (Å²) in [6, 6.07) is 7.64. The van der Waals surface area contributed by atoms with Gasteiger partial charge < -0.3 is 20.4 Å². The number of rotatable bonds is 5. The summed E-state index contributed by atoms with van der Waals surface area (Å²) in [5, 5.41) is 5.21. The number of hydrogen-bond acceptors (Lipinski definition) is 7. The fourth-order valence-electron chi connectivity index (χ4n) is 3.15. The van der Waals surface area contributed by atoms with Crippen LogP contribution in [0.3, 0.4) is 0 Å². The largest absolute Gasteiger partial charge is 0.467 e. The number of anilines is 1. The molecule has 0 aliphatic carbocycles. The monoisotopic (exact) mass is 383 g/mol. The third-order valence-corrected chi connectivity index (χ3v) is 5.38. The number of carbonyl (C=O) groups excluding carboxylic acids is 1. The van der Waals surface area contributed by atoms with E-state index in [-0.39, 0.29) is 11.9 Å². The maximum atomic E-state index is 13.1. The van der Waals surface area contributed by atoms with E-state index in [1.54, 1.807) is 28.7 Å². The number of amides is 1. The molecule has 3 N–H and O–H groups in total. The predicted molar refractivity (Wildman–Crippen MR) is 104 cm³/mol. The summed E-state index contributed by atoms with van der Waals surface area (Å²) in [6.07, 6.45) is 5.08. The lowest BCUT2D eigenvalue weighted by Gasteiger charge is -2.31. The second kappa shape index (κ2) is 7.89. The second-order valence-corrected chi connectivity index (χ2v) is 7.47. The molecule has 1 atom stereocenters. The minimum atomic E-state index is -0.0928. The van der Waals surface area contributed by atoms with E-state index in [4.69, 9.17) is 10.2 Å². The van der Waals surface area contributed by atoms with Gasteiger partial charge in [-0.3, -0.25) is 4.79 Å². The maximum Gasteiger partial charge on any atom is 0.259 e. The summed E-state index contributed by atoms with van der Waals surface area (Å²) in [4.78, 5) is 24.8. The maximum absolute atomic E-state index is 13.1. The Labute approximate surface area is 161 Å². The third kappa shape index (κ3) is 4.01. The summed E-state index contributed by atoms with van der Waals surface area (Å²) >= 11 is 1.56. The minimum absolute atomic E-state index is 0.0218. The minimum Gasteiger partial charge on any atom is -0.467 e. The molecular formula is C19H21N5O2S. The van der Waals surface area contributed by atoms with Crippen molar-refractivity contribution >= 4 is 23.1 Å². The molecule has 1 unspecified atom stereocenters. The fraction of sp³-hybridized carbons (Fsp3) is 0.316. The highest BCUT2D eigenvalue weighted by Crippen LogP contribution is 2.25. The highest BCUT2D eigenvalue weighted by molar-refractivity contribution is 7.13. The van der Waals surface area contributed by atoms with Crippen LogP contribution in [0.1, 0.15) is 29.0 Å². The van der Waals surface area contributed by atoms with Crippen LogP contribution >= 0.6 is 11.3 Å². The Morgan fingerprint density at radius 1 is 1.41 bits per heavy atom. The smallest absolute Gasteiger partial charge is 0.259 e. The summed E-state index contributed by atoms with van der Waals surface area (Å²) in [5.41, 5.74) is 6.49. The van der Waals surface area contributed by atoms with Crippen LogP contribution in [0.4, 0.5) is 5.82 Å².